The van der Waals surface area contributed by atoms with Crippen LogP contribution in [0.4, 0.5) is 4.39 Å². The van der Waals surface area contributed by atoms with Crippen LogP contribution in [0.15, 0.2) is 12.3 Å². The summed E-state index contributed by atoms with van der Waals surface area (Å²) in [5.74, 6) is 0. The molecule has 0 saturated carbocycles. The largest absolute Gasteiger partial charge is 0.369 e. The van der Waals surface area contributed by atoms with E-state index in [-0.39, 0.29) is 5.41 Å². The summed E-state index contributed by atoms with van der Waals surface area (Å²) < 4.78 is 12.5. The molecule has 1 saturated heterocycles. The van der Waals surface area contributed by atoms with Gasteiger partial charge in [-0.1, -0.05) is 27.4 Å². The molecule has 0 unspecified atom stereocenters. The van der Waals surface area contributed by atoms with E-state index in [4.69, 9.17) is 0 Å². The van der Waals surface area contributed by atoms with Crippen molar-refractivity contribution in [3.8, 4) is 0 Å². The first-order valence-corrected chi connectivity index (χ1v) is 4.45. The van der Waals surface area contributed by atoms with Crippen LogP contribution in [-0.4, -0.2) is 24.2 Å². The third kappa shape index (κ3) is 2.50. The van der Waals surface area contributed by atoms with Crippen LogP contribution in [-0.2, 0) is 0 Å². The van der Waals surface area contributed by atoms with Crippen LogP contribution in [0.5, 0.6) is 0 Å². The Balaban J connectivity index is 2.30. The normalized spacial score (nSPS) is 19.2. The number of likely N-dealkylation sites (tertiary alicyclic amines) is 1. The Bertz CT molecular complexity index is 175. The molecular formula is C10H18FN. The molecule has 0 atom stereocenters. The van der Waals surface area contributed by atoms with Crippen molar-refractivity contribution in [2.24, 2.45) is 5.41 Å². The summed E-state index contributed by atoms with van der Waals surface area (Å²) in [6, 6.07) is 0. The van der Waals surface area contributed by atoms with Crippen molar-refractivity contribution < 1.29 is 4.39 Å². The molecule has 0 aromatic heterocycles. The van der Waals surface area contributed by atoms with Gasteiger partial charge in [-0.2, -0.15) is 0 Å². The third-order valence-corrected chi connectivity index (χ3v) is 2.02. The molecular weight excluding hydrogens is 153 g/mol. The van der Waals surface area contributed by atoms with Crippen LogP contribution < -0.4 is 0 Å². The smallest absolute Gasteiger partial charge is 0.135 e. The summed E-state index contributed by atoms with van der Waals surface area (Å²) in [6.07, 6.45) is 0.335. The number of alkyl halides is 1. The average molecular weight is 171 g/mol. The van der Waals surface area contributed by atoms with Gasteiger partial charge >= 0.3 is 0 Å². The second-order valence-electron chi connectivity index (χ2n) is 4.81. The summed E-state index contributed by atoms with van der Waals surface area (Å²) in [6.45, 7) is 11.6. The van der Waals surface area contributed by atoms with E-state index in [0.29, 0.717) is 13.1 Å². The number of hydrogen-bond acceptors (Lipinski definition) is 1. The van der Waals surface area contributed by atoms with Gasteiger partial charge in [0.05, 0.1) is 13.1 Å². The highest BCUT2D eigenvalue weighted by molar-refractivity contribution is 5.02. The molecule has 0 radical (unpaired) electrons. The molecule has 0 bridgehead atoms. The molecule has 1 fully saturated rings. The quantitative estimate of drug-likeness (QED) is 0.617. The lowest BCUT2D eigenvalue weighted by molar-refractivity contribution is 0.0894. The van der Waals surface area contributed by atoms with Crippen LogP contribution in [0.25, 0.3) is 0 Å². The van der Waals surface area contributed by atoms with Crippen LogP contribution in [0.2, 0.25) is 0 Å². The lowest BCUT2D eigenvalue weighted by atomic mass is 9.90. The third-order valence-electron chi connectivity index (χ3n) is 2.02. The first kappa shape index (κ1) is 9.56. The lowest BCUT2D eigenvalue weighted by Gasteiger charge is -2.39. The summed E-state index contributed by atoms with van der Waals surface area (Å²) in [5, 5.41) is 0. The van der Waals surface area contributed by atoms with Crippen molar-refractivity contribution in [2.75, 3.05) is 13.1 Å². The number of rotatable bonds is 2. The second-order valence-corrected chi connectivity index (χ2v) is 4.81. The zero-order valence-electron chi connectivity index (χ0n) is 8.23. The molecule has 0 aromatic rings. The van der Waals surface area contributed by atoms with E-state index in [9.17, 15) is 4.39 Å². The van der Waals surface area contributed by atoms with E-state index in [1.807, 2.05) is 4.90 Å². The molecule has 1 heterocycles. The van der Waals surface area contributed by atoms with E-state index in [1.54, 1.807) is 0 Å². The number of halogens is 1. The van der Waals surface area contributed by atoms with Gasteiger partial charge in [0.1, 0.15) is 6.17 Å². The predicted molar refractivity (Wildman–Crippen MR) is 49.7 cm³/mol. The zero-order chi connectivity index (χ0) is 9.35. The molecule has 1 aliphatic heterocycles. The van der Waals surface area contributed by atoms with Gasteiger partial charge in [0.25, 0.3) is 0 Å². The standard InChI is InChI=1S/C10H18FN/c1-8(5-10(2,3)4)12-6-9(11)7-12/h9H,1,5-7H2,2-4H3. The topological polar surface area (TPSA) is 3.24 Å². The lowest BCUT2D eigenvalue weighted by Crippen LogP contribution is -2.47. The average Bonchev–Trinajstić information content (AvgIpc) is 1.76. The maximum Gasteiger partial charge on any atom is 0.135 e. The monoisotopic (exact) mass is 171 g/mol. The highest BCUT2D eigenvalue weighted by Gasteiger charge is 2.28. The molecule has 1 rings (SSSR count). The first-order chi connectivity index (χ1) is 5.38. The molecule has 2 heteroatoms. The summed E-state index contributed by atoms with van der Waals surface area (Å²) in [4.78, 5) is 2.02. The first-order valence-electron chi connectivity index (χ1n) is 4.45. The number of allylic oxidation sites excluding steroid dienone is 1. The molecule has 0 aromatic carbocycles. The molecule has 1 aliphatic rings. The fraction of sp³-hybridized carbons (Fsp3) is 0.800. The highest BCUT2D eigenvalue weighted by Crippen LogP contribution is 2.28. The minimum absolute atomic E-state index is 0.262. The maximum absolute atomic E-state index is 12.5. The van der Waals surface area contributed by atoms with Gasteiger partial charge in [0, 0.05) is 5.70 Å². The van der Waals surface area contributed by atoms with Crippen LogP contribution in [0, 0.1) is 5.41 Å². The fourth-order valence-corrected chi connectivity index (χ4v) is 1.41. The maximum atomic E-state index is 12.5. The summed E-state index contributed by atoms with van der Waals surface area (Å²) in [5.41, 5.74) is 1.34. The van der Waals surface area contributed by atoms with Crippen molar-refractivity contribution >= 4 is 0 Å². The van der Waals surface area contributed by atoms with E-state index in [0.717, 1.165) is 12.1 Å². The van der Waals surface area contributed by atoms with Crippen molar-refractivity contribution in [2.45, 2.75) is 33.4 Å². The number of hydrogen-bond donors (Lipinski definition) is 0. The fourth-order valence-electron chi connectivity index (χ4n) is 1.41. The molecule has 0 aliphatic carbocycles. The molecule has 12 heavy (non-hydrogen) atoms. The van der Waals surface area contributed by atoms with Crippen LogP contribution in [0.3, 0.4) is 0 Å². The summed E-state index contributed by atoms with van der Waals surface area (Å²) in [7, 11) is 0. The zero-order valence-corrected chi connectivity index (χ0v) is 8.23. The Morgan fingerprint density at radius 3 is 2.33 bits per heavy atom. The van der Waals surface area contributed by atoms with Gasteiger partial charge in [-0.25, -0.2) is 4.39 Å². The molecule has 0 amide bonds. The molecule has 70 valence electrons. The molecule has 0 spiro atoms. The van der Waals surface area contributed by atoms with E-state index in [2.05, 4.69) is 27.4 Å². The Labute approximate surface area is 74.3 Å². The van der Waals surface area contributed by atoms with E-state index >= 15 is 0 Å². The Hall–Kier alpha value is -0.530. The van der Waals surface area contributed by atoms with E-state index < -0.39 is 6.17 Å². The van der Waals surface area contributed by atoms with Gasteiger partial charge in [-0.05, 0) is 11.8 Å². The Kier molecular flexibility index (Phi) is 2.45. The second kappa shape index (κ2) is 3.08. The number of nitrogens with zero attached hydrogens (tertiary/aromatic N) is 1. The van der Waals surface area contributed by atoms with Crippen molar-refractivity contribution in [3.63, 3.8) is 0 Å². The SMILES string of the molecule is C=C(CC(C)(C)C)N1CC(F)C1. The van der Waals surface area contributed by atoms with Gasteiger partial charge < -0.3 is 4.90 Å². The summed E-state index contributed by atoms with van der Waals surface area (Å²) >= 11 is 0. The molecule has 0 N–H and O–H groups in total. The van der Waals surface area contributed by atoms with Gasteiger partial charge in [-0.3, -0.25) is 0 Å². The minimum atomic E-state index is -0.623. The van der Waals surface area contributed by atoms with Crippen molar-refractivity contribution in [1.29, 1.82) is 0 Å². The van der Waals surface area contributed by atoms with Crippen molar-refractivity contribution in [1.82, 2.24) is 4.90 Å². The van der Waals surface area contributed by atoms with E-state index in [1.165, 1.54) is 0 Å². The molecule has 1 nitrogen and oxygen atoms in total. The van der Waals surface area contributed by atoms with Gasteiger partial charge in [0.2, 0.25) is 0 Å². The predicted octanol–water partition coefficient (Wildman–Crippen LogP) is 2.59. The Morgan fingerprint density at radius 2 is 2.00 bits per heavy atom. The van der Waals surface area contributed by atoms with Gasteiger partial charge in [-0.15, -0.1) is 0 Å². The van der Waals surface area contributed by atoms with Crippen molar-refractivity contribution in [3.05, 3.63) is 12.3 Å². The van der Waals surface area contributed by atoms with Crippen LogP contribution in [0.1, 0.15) is 27.2 Å². The Morgan fingerprint density at radius 1 is 1.50 bits per heavy atom. The van der Waals surface area contributed by atoms with Gasteiger partial charge in [0.15, 0.2) is 0 Å². The minimum Gasteiger partial charge on any atom is -0.369 e. The van der Waals surface area contributed by atoms with Crippen LogP contribution >= 0.6 is 0 Å². The highest BCUT2D eigenvalue weighted by atomic mass is 19.1.